The second kappa shape index (κ2) is 8.04. The van der Waals surface area contributed by atoms with Crippen molar-refractivity contribution >= 4 is 28.1 Å². The van der Waals surface area contributed by atoms with E-state index in [1.54, 1.807) is 56.6 Å². The molecule has 0 saturated carbocycles. The molecule has 1 N–H and O–H groups in total. The smallest absolute Gasteiger partial charge is 0.345 e. The third-order valence-electron chi connectivity index (χ3n) is 4.47. The highest BCUT2D eigenvalue weighted by molar-refractivity contribution is 6.01. The minimum atomic E-state index is -0.601. The molecule has 0 aliphatic heterocycles. The van der Waals surface area contributed by atoms with Crippen LogP contribution in [0.25, 0.3) is 10.8 Å². The summed E-state index contributed by atoms with van der Waals surface area (Å²) in [5, 5.41) is 20.1. The average molecular weight is 399 g/mol. The van der Waals surface area contributed by atoms with Gasteiger partial charge in [-0.15, -0.1) is 5.11 Å². The van der Waals surface area contributed by atoms with Gasteiger partial charge < -0.3 is 9.84 Å². The number of rotatable bonds is 4. The number of pyridine rings is 1. The van der Waals surface area contributed by atoms with Crippen molar-refractivity contribution in [3.8, 4) is 11.5 Å². The van der Waals surface area contributed by atoms with Crippen LogP contribution in [0.4, 0.5) is 11.4 Å². The van der Waals surface area contributed by atoms with E-state index in [4.69, 9.17) is 4.74 Å². The topological polar surface area (TPSA) is 110 Å². The highest BCUT2D eigenvalue weighted by Gasteiger charge is 2.16. The first-order valence-electron chi connectivity index (χ1n) is 9.08. The zero-order chi connectivity index (χ0) is 21.1. The fourth-order valence-electron chi connectivity index (χ4n) is 2.97. The van der Waals surface area contributed by atoms with E-state index < -0.39 is 5.97 Å². The zero-order valence-corrected chi connectivity index (χ0v) is 16.3. The number of carbonyl (C=O) groups is 1. The van der Waals surface area contributed by atoms with Crippen LogP contribution in [0, 0.1) is 13.8 Å². The number of aryl methyl sites for hydroxylation is 2. The van der Waals surface area contributed by atoms with Crippen LogP contribution in [-0.2, 0) is 0 Å². The summed E-state index contributed by atoms with van der Waals surface area (Å²) < 4.78 is 5.38. The summed E-state index contributed by atoms with van der Waals surface area (Å²) in [6.07, 6.45) is 7.48. The largest absolute Gasteiger partial charge is 0.507 e. The molecule has 2 aromatic carbocycles. The number of carbonyl (C=O) groups excluding carboxylic acids is 1. The van der Waals surface area contributed by atoms with E-state index in [-0.39, 0.29) is 17.1 Å². The molecule has 0 spiro atoms. The van der Waals surface area contributed by atoms with Gasteiger partial charge in [-0.05, 0) is 60.7 Å². The molecule has 0 bridgehead atoms. The number of esters is 1. The number of nitrogens with zero attached hydrogens (tertiary/aromatic N) is 5. The van der Waals surface area contributed by atoms with Crippen molar-refractivity contribution in [2.75, 3.05) is 0 Å². The maximum absolute atomic E-state index is 12.8. The van der Waals surface area contributed by atoms with Crippen molar-refractivity contribution in [1.82, 2.24) is 15.0 Å². The Labute approximate surface area is 171 Å². The summed E-state index contributed by atoms with van der Waals surface area (Å²) in [5.41, 5.74) is 2.52. The van der Waals surface area contributed by atoms with Crippen LogP contribution in [0.15, 0.2) is 71.7 Å². The first kappa shape index (κ1) is 19.1. The Morgan fingerprint density at radius 3 is 2.40 bits per heavy atom. The normalized spacial score (nSPS) is 11.1. The summed E-state index contributed by atoms with van der Waals surface area (Å²) in [7, 11) is 0. The summed E-state index contributed by atoms with van der Waals surface area (Å²) in [5.74, 6) is -0.152. The van der Waals surface area contributed by atoms with Gasteiger partial charge >= 0.3 is 5.97 Å². The number of phenols is 1. The standard InChI is InChI=1S/C22H17N5O3/c1-13-5-17(6-14(2)21(13)28)26-27-20-8-16-9-23-4-3-15(16)7-19(20)22(29)30-18-10-24-12-25-11-18/h3-12,28H,1-2H3. The predicted molar refractivity (Wildman–Crippen MR) is 110 cm³/mol. The Hall–Kier alpha value is -4.20. The van der Waals surface area contributed by atoms with Gasteiger partial charge in [-0.3, -0.25) is 4.98 Å². The van der Waals surface area contributed by atoms with Crippen LogP contribution in [-0.4, -0.2) is 26.0 Å². The van der Waals surface area contributed by atoms with Gasteiger partial charge in [0.1, 0.15) is 17.8 Å². The van der Waals surface area contributed by atoms with Crippen LogP contribution in [0.1, 0.15) is 21.5 Å². The molecule has 0 aliphatic rings. The zero-order valence-electron chi connectivity index (χ0n) is 16.3. The van der Waals surface area contributed by atoms with E-state index in [2.05, 4.69) is 25.2 Å². The van der Waals surface area contributed by atoms with Crippen molar-refractivity contribution < 1.29 is 14.6 Å². The molecule has 4 rings (SSSR count). The van der Waals surface area contributed by atoms with Crippen molar-refractivity contribution in [3.05, 3.63) is 78.1 Å². The van der Waals surface area contributed by atoms with E-state index in [1.165, 1.54) is 18.7 Å². The molecular weight excluding hydrogens is 382 g/mol. The van der Waals surface area contributed by atoms with E-state index >= 15 is 0 Å². The lowest BCUT2D eigenvalue weighted by Crippen LogP contribution is -2.09. The second-order valence-corrected chi connectivity index (χ2v) is 6.68. The van der Waals surface area contributed by atoms with Gasteiger partial charge in [0.25, 0.3) is 0 Å². The minimum Gasteiger partial charge on any atom is -0.507 e. The third-order valence-corrected chi connectivity index (χ3v) is 4.47. The molecule has 0 saturated heterocycles. The molecule has 4 aromatic rings. The number of hydrogen-bond donors (Lipinski definition) is 1. The van der Waals surface area contributed by atoms with E-state index in [9.17, 15) is 9.90 Å². The molecule has 2 aromatic heterocycles. The second-order valence-electron chi connectivity index (χ2n) is 6.68. The Kier molecular flexibility index (Phi) is 5.13. The number of ether oxygens (including phenoxy) is 1. The maximum Gasteiger partial charge on any atom is 0.345 e. The van der Waals surface area contributed by atoms with Gasteiger partial charge in [0.05, 0.1) is 23.6 Å². The van der Waals surface area contributed by atoms with Gasteiger partial charge in [-0.1, -0.05) is 0 Å². The number of phenolic OH excluding ortho intramolecular Hbond substituents is 1. The molecule has 8 nitrogen and oxygen atoms in total. The summed E-state index contributed by atoms with van der Waals surface area (Å²) in [6.45, 7) is 3.57. The number of hydrogen-bond acceptors (Lipinski definition) is 8. The molecule has 0 amide bonds. The Morgan fingerprint density at radius 2 is 1.67 bits per heavy atom. The molecule has 148 valence electrons. The van der Waals surface area contributed by atoms with E-state index in [0.717, 1.165) is 10.8 Å². The number of aromatic hydroxyl groups is 1. The SMILES string of the molecule is Cc1cc(N=Nc2cc3cnccc3cc2C(=O)Oc2cncnc2)cc(C)c1O. The monoisotopic (exact) mass is 399 g/mol. The third kappa shape index (κ3) is 3.97. The number of benzene rings is 2. The fraction of sp³-hybridized carbons (Fsp3) is 0.0909. The van der Waals surface area contributed by atoms with Crippen LogP contribution < -0.4 is 4.74 Å². The lowest BCUT2D eigenvalue weighted by Gasteiger charge is -2.08. The predicted octanol–water partition coefficient (Wildman–Crippen LogP) is 4.98. The molecule has 0 radical (unpaired) electrons. The Balaban J connectivity index is 1.75. The minimum absolute atomic E-state index is 0.222. The van der Waals surface area contributed by atoms with E-state index in [1.807, 2.05) is 0 Å². The Morgan fingerprint density at radius 1 is 0.933 bits per heavy atom. The number of azo groups is 1. The average Bonchev–Trinajstić information content (AvgIpc) is 2.76. The molecular formula is C22H17N5O3. The molecule has 0 aliphatic carbocycles. The quantitative estimate of drug-likeness (QED) is 0.383. The molecule has 8 heteroatoms. The first-order chi connectivity index (χ1) is 14.5. The van der Waals surface area contributed by atoms with Crippen molar-refractivity contribution in [3.63, 3.8) is 0 Å². The molecule has 0 unspecified atom stereocenters. The number of fused-ring (bicyclic) bond motifs is 1. The van der Waals surface area contributed by atoms with Crippen LogP contribution in [0.2, 0.25) is 0 Å². The van der Waals surface area contributed by atoms with Gasteiger partial charge in [0, 0.05) is 17.8 Å². The fourth-order valence-corrected chi connectivity index (χ4v) is 2.97. The highest BCUT2D eigenvalue weighted by Crippen LogP contribution is 2.31. The van der Waals surface area contributed by atoms with E-state index in [0.29, 0.717) is 22.5 Å². The summed E-state index contributed by atoms with van der Waals surface area (Å²) >= 11 is 0. The van der Waals surface area contributed by atoms with Crippen molar-refractivity contribution in [1.29, 1.82) is 0 Å². The van der Waals surface area contributed by atoms with Crippen LogP contribution >= 0.6 is 0 Å². The summed E-state index contributed by atoms with van der Waals surface area (Å²) in [4.78, 5) is 24.6. The molecule has 0 fully saturated rings. The lowest BCUT2D eigenvalue weighted by molar-refractivity contribution is 0.0734. The first-order valence-corrected chi connectivity index (χ1v) is 9.08. The van der Waals surface area contributed by atoms with Gasteiger partial charge in [-0.2, -0.15) is 5.11 Å². The maximum atomic E-state index is 12.8. The van der Waals surface area contributed by atoms with Crippen molar-refractivity contribution in [2.45, 2.75) is 13.8 Å². The van der Waals surface area contributed by atoms with Crippen LogP contribution in [0.3, 0.4) is 0 Å². The van der Waals surface area contributed by atoms with Crippen LogP contribution in [0.5, 0.6) is 11.5 Å². The summed E-state index contributed by atoms with van der Waals surface area (Å²) in [6, 6.07) is 8.64. The molecule has 30 heavy (non-hydrogen) atoms. The Bertz CT molecular complexity index is 1250. The molecule has 2 heterocycles. The molecule has 0 atom stereocenters. The van der Waals surface area contributed by atoms with Gasteiger partial charge in [-0.25, -0.2) is 14.8 Å². The highest BCUT2D eigenvalue weighted by atomic mass is 16.5. The number of aromatic nitrogens is 3. The van der Waals surface area contributed by atoms with Gasteiger partial charge in [0.2, 0.25) is 0 Å². The van der Waals surface area contributed by atoms with Gasteiger partial charge in [0.15, 0.2) is 5.75 Å². The lowest BCUT2D eigenvalue weighted by atomic mass is 10.1. The van der Waals surface area contributed by atoms with Crippen molar-refractivity contribution in [2.24, 2.45) is 10.2 Å².